The first kappa shape index (κ1) is 26.0. The minimum Gasteiger partial charge on any atom is -0.264 e. The molecule has 4 rings (SSSR count). The van der Waals surface area contributed by atoms with Crippen LogP contribution in [0.15, 0.2) is 85.2 Å². The molecule has 0 aliphatic carbocycles. The van der Waals surface area contributed by atoms with Gasteiger partial charge in [0, 0.05) is 61.1 Å². The van der Waals surface area contributed by atoms with Gasteiger partial charge in [-0.1, -0.05) is 60.7 Å². The number of nitrogens with zero attached hydrogens (tertiary/aromatic N) is 6. The molecule has 0 unspecified atom stereocenters. The van der Waals surface area contributed by atoms with E-state index in [0.29, 0.717) is 23.0 Å². The molecule has 2 aromatic carbocycles. The molecule has 10 nitrogen and oxygen atoms in total. The van der Waals surface area contributed by atoms with Gasteiger partial charge in [0.05, 0.1) is 0 Å². The van der Waals surface area contributed by atoms with Crippen molar-refractivity contribution in [2.75, 3.05) is 0 Å². The molecular formula is C26H26N6O4. The topological polar surface area (TPSA) is 138 Å². The molecule has 4 aromatic rings. The van der Waals surface area contributed by atoms with Crippen molar-refractivity contribution in [1.82, 2.24) is 19.9 Å². The van der Waals surface area contributed by atoms with Gasteiger partial charge in [0.25, 0.3) is 11.1 Å². The number of hydrogen-bond donors (Lipinski definition) is 0. The summed E-state index contributed by atoms with van der Waals surface area (Å²) in [5, 5.41) is 22.0. The highest BCUT2D eigenvalue weighted by molar-refractivity contribution is 5.55. The van der Waals surface area contributed by atoms with Gasteiger partial charge in [-0.3, -0.25) is 20.2 Å². The standard InChI is InChI=1S/2C13H13N3O2/c2*1-13(2,16(17)18)11-8-9-14-12(15-11)10-6-4-3-5-7-10/h2*3-9H,1-2H3. The van der Waals surface area contributed by atoms with Crippen molar-refractivity contribution in [1.29, 1.82) is 0 Å². The van der Waals surface area contributed by atoms with Gasteiger partial charge >= 0.3 is 0 Å². The number of nitro groups is 2. The van der Waals surface area contributed by atoms with Gasteiger partial charge in [0.1, 0.15) is 11.4 Å². The zero-order valence-corrected chi connectivity index (χ0v) is 20.4. The predicted octanol–water partition coefficient (Wildman–Crippen LogP) is 5.31. The van der Waals surface area contributed by atoms with Crippen LogP contribution in [0.1, 0.15) is 39.1 Å². The molecule has 0 radical (unpaired) electrons. The van der Waals surface area contributed by atoms with E-state index < -0.39 is 11.1 Å². The molecule has 0 atom stereocenters. The normalized spacial score (nSPS) is 11.2. The van der Waals surface area contributed by atoms with Crippen LogP contribution in [0.3, 0.4) is 0 Å². The van der Waals surface area contributed by atoms with Crippen LogP contribution in [-0.2, 0) is 11.1 Å². The van der Waals surface area contributed by atoms with E-state index in [4.69, 9.17) is 0 Å². The van der Waals surface area contributed by atoms with Gasteiger partial charge in [0.2, 0.25) is 0 Å². The molecule has 0 saturated heterocycles. The maximum absolute atomic E-state index is 11.0. The fourth-order valence-corrected chi connectivity index (χ4v) is 3.04. The molecule has 2 heterocycles. The molecule has 0 aliphatic heterocycles. The summed E-state index contributed by atoms with van der Waals surface area (Å²) >= 11 is 0. The summed E-state index contributed by atoms with van der Waals surface area (Å²) in [5.41, 5.74) is 0.0681. The first-order chi connectivity index (χ1) is 17.0. The maximum Gasteiger partial charge on any atom is 0.258 e. The monoisotopic (exact) mass is 486 g/mol. The molecule has 184 valence electrons. The third-order valence-electron chi connectivity index (χ3n) is 5.54. The van der Waals surface area contributed by atoms with E-state index in [0.717, 1.165) is 11.1 Å². The summed E-state index contributed by atoms with van der Waals surface area (Å²) in [4.78, 5) is 38.2. The lowest BCUT2D eigenvalue weighted by atomic mass is 10.0. The van der Waals surface area contributed by atoms with Crippen molar-refractivity contribution in [2.24, 2.45) is 0 Å². The predicted molar refractivity (Wildman–Crippen MR) is 135 cm³/mol. The Morgan fingerprint density at radius 2 is 0.917 bits per heavy atom. The average molecular weight is 487 g/mol. The molecule has 0 amide bonds. The Balaban J connectivity index is 0.000000201. The fourth-order valence-electron chi connectivity index (χ4n) is 3.04. The molecule has 0 fully saturated rings. The molecule has 0 spiro atoms. The molecule has 0 N–H and O–H groups in total. The lowest BCUT2D eigenvalue weighted by Crippen LogP contribution is -2.29. The van der Waals surface area contributed by atoms with Crippen molar-refractivity contribution in [3.05, 3.63) is 117 Å². The summed E-state index contributed by atoms with van der Waals surface area (Å²) in [6, 6.07) is 22.0. The van der Waals surface area contributed by atoms with Crippen LogP contribution < -0.4 is 0 Å². The van der Waals surface area contributed by atoms with Crippen molar-refractivity contribution in [3.63, 3.8) is 0 Å². The van der Waals surface area contributed by atoms with E-state index in [-0.39, 0.29) is 9.85 Å². The Bertz CT molecular complexity index is 1240. The largest absolute Gasteiger partial charge is 0.264 e. The maximum atomic E-state index is 11.0. The zero-order valence-electron chi connectivity index (χ0n) is 20.4. The Morgan fingerprint density at radius 3 is 1.22 bits per heavy atom. The van der Waals surface area contributed by atoms with Crippen LogP contribution >= 0.6 is 0 Å². The van der Waals surface area contributed by atoms with E-state index in [9.17, 15) is 20.2 Å². The molecule has 0 saturated carbocycles. The molecule has 36 heavy (non-hydrogen) atoms. The second-order valence-corrected chi connectivity index (χ2v) is 8.90. The van der Waals surface area contributed by atoms with E-state index in [1.54, 1.807) is 24.5 Å². The average Bonchev–Trinajstić information content (AvgIpc) is 2.90. The second-order valence-electron chi connectivity index (χ2n) is 8.90. The van der Waals surface area contributed by atoms with E-state index in [1.165, 1.54) is 27.7 Å². The minimum absolute atomic E-state index is 0.343. The number of benzene rings is 2. The zero-order chi connectivity index (χ0) is 26.3. The Hall–Kier alpha value is -4.60. The number of rotatable bonds is 6. The van der Waals surface area contributed by atoms with E-state index in [2.05, 4.69) is 19.9 Å². The van der Waals surface area contributed by atoms with Crippen LogP contribution in [0.25, 0.3) is 22.8 Å². The lowest BCUT2D eigenvalue weighted by Gasteiger charge is -2.15. The van der Waals surface area contributed by atoms with E-state index >= 15 is 0 Å². The van der Waals surface area contributed by atoms with Gasteiger partial charge in [-0.2, -0.15) is 0 Å². The highest BCUT2D eigenvalue weighted by Crippen LogP contribution is 2.24. The first-order valence-corrected chi connectivity index (χ1v) is 11.1. The van der Waals surface area contributed by atoms with E-state index in [1.807, 2.05) is 60.7 Å². The first-order valence-electron chi connectivity index (χ1n) is 11.1. The third kappa shape index (κ3) is 5.90. The summed E-state index contributed by atoms with van der Waals surface area (Å²) in [6.45, 7) is 6.13. The summed E-state index contributed by atoms with van der Waals surface area (Å²) in [6.07, 6.45) is 3.10. The summed E-state index contributed by atoms with van der Waals surface area (Å²) in [7, 11) is 0. The fraction of sp³-hybridized carbons (Fsp3) is 0.231. The van der Waals surface area contributed by atoms with Crippen LogP contribution in [0.5, 0.6) is 0 Å². The van der Waals surface area contributed by atoms with Crippen molar-refractivity contribution in [3.8, 4) is 22.8 Å². The highest BCUT2D eigenvalue weighted by Gasteiger charge is 2.36. The Morgan fingerprint density at radius 1 is 0.583 bits per heavy atom. The molecule has 0 aliphatic rings. The van der Waals surface area contributed by atoms with Crippen LogP contribution in [0.2, 0.25) is 0 Å². The van der Waals surface area contributed by atoms with Crippen molar-refractivity contribution in [2.45, 2.75) is 38.8 Å². The third-order valence-corrected chi connectivity index (χ3v) is 5.54. The lowest BCUT2D eigenvalue weighted by molar-refractivity contribution is -0.570. The van der Waals surface area contributed by atoms with Gasteiger partial charge in [-0.15, -0.1) is 0 Å². The van der Waals surface area contributed by atoms with Crippen LogP contribution in [-0.4, -0.2) is 29.8 Å². The molecule has 0 bridgehead atoms. The summed E-state index contributed by atoms with van der Waals surface area (Å²) < 4.78 is 0. The van der Waals surface area contributed by atoms with Crippen LogP contribution in [0.4, 0.5) is 0 Å². The van der Waals surface area contributed by atoms with Gasteiger partial charge in [0.15, 0.2) is 11.6 Å². The number of hydrogen-bond acceptors (Lipinski definition) is 8. The quantitative estimate of drug-likeness (QED) is 0.264. The Kier molecular flexibility index (Phi) is 7.78. The smallest absolute Gasteiger partial charge is 0.258 e. The van der Waals surface area contributed by atoms with Crippen molar-refractivity contribution < 1.29 is 9.85 Å². The SMILES string of the molecule is CC(C)(c1ccnc(-c2ccccc2)n1)[N+](=O)[O-].CC(C)(c1ccnc(-c2ccccc2)n1)[N+](=O)[O-]. The second kappa shape index (κ2) is 10.8. The minimum atomic E-state index is -1.22. The van der Waals surface area contributed by atoms with Crippen molar-refractivity contribution >= 4 is 0 Å². The highest BCUT2D eigenvalue weighted by atomic mass is 16.6. The molecular weight excluding hydrogens is 460 g/mol. The van der Waals surface area contributed by atoms with Gasteiger partial charge < -0.3 is 0 Å². The van der Waals surface area contributed by atoms with Gasteiger partial charge in [-0.25, -0.2) is 19.9 Å². The Labute approximate surface area is 208 Å². The number of aromatic nitrogens is 4. The molecule has 2 aromatic heterocycles. The van der Waals surface area contributed by atoms with Crippen LogP contribution in [0, 0.1) is 20.2 Å². The summed E-state index contributed by atoms with van der Waals surface area (Å²) in [5.74, 6) is 1.01. The van der Waals surface area contributed by atoms with Gasteiger partial charge in [-0.05, 0) is 12.1 Å². The molecule has 10 heteroatoms.